The van der Waals surface area contributed by atoms with E-state index < -0.39 is 9.05 Å². The second-order valence-corrected chi connectivity index (χ2v) is 9.37. The highest BCUT2D eigenvalue weighted by molar-refractivity contribution is 8.13. The number of hydrogen-bond donors (Lipinski definition) is 0. The predicted octanol–water partition coefficient (Wildman–Crippen LogP) is 2.23. The van der Waals surface area contributed by atoms with E-state index in [1.807, 2.05) is 27.7 Å². The SMILES string of the molecule is CC(C)c1c(S(=O)(=O)Cl)c(C(C)C)n(C(C)C)c1[SiH3]. The summed E-state index contributed by atoms with van der Waals surface area (Å²) in [6.45, 7) is 12.3. The van der Waals surface area contributed by atoms with Gasteiger partial charge in [-0.05, 0) is 36.6 Å². The third-order valence-corrected chi connectivity index (χ3v) is 5.77. The van der Waals surface area contributed by atoms with Gasteiger partial charge >= 0.3 is 0 Å². The summed E-state index contributed by atoms with van der Waals surface area (Å²) in [4.78, 5) is 0.359. The molecule has 0 unspecified atom stereocenters. The molecule has 0 saturated heterocycles. The fraction of sp³-hybridized carbons (Fsp3) is 0.692. The summed E-state index contributed by atoms with van der Waals surface area (Å²) in [6, 6.07) is 0.245. The molecule has 0 fully saturated rings. The maximum absolute atomic E-state index is 12.0. The zero-order valence-corrected chi connectivity index (χ0v) is 16.4. The molecule has 1 aromatic heterocycles. The molecule has 0 aliphatic rings. The molecule has 0 bridgehead atoms. The first-order chi connectivity index (χ1) is 8.50. The van der Waals surface area contributed by atoms with Crippen molar-refractivity contribution in [3.05, 3.63) is 11.3 Å². The Morgan fingerprint density at radius 2 is 1.53 bits per heavy atom. The van der Waals surface area contributed by atoms with Gasteiger partial charge in [-0.2, -0.15) is 0 Å². The van der Waals surface area contributed by atoms with Crippen LogP contribution in [0.15, 0.2) is 4.90 Å². The van der Waals surface area contributed by atoms with Crippen molar-refractivity contribution < 1.29 is 8.42 Å². The van der Waals surface area contributed by atoms with E-state index in [-0.39, 0.29) is 17.9 Å². The Bertz CT molecular complexity index is 574. The van der Waals surface area contributed by atoms with Gasteiger partial charge in [-0.3, -0.25) is 0 Å². The van der Waals surface area contributed by atoms with E-state index in [1.54, 1.807) is 0 Å². The lowest BCUT2D eigenvalue weighted by molar-refractivity contribution is 0.560. The van der Waals surface area contributed by atoms with E-state index in [0.717, 1.165) is 26.8 Å². The van der Waals surface area contributed by atoms with Crippen molar-refractivity contribution in [1.29, 1.82) is 0 Å². The zero-order valence-electron chi connectivity index (χ0n) is 12.8. The van der Waals surface area contributed by atoms with Gasteiger partial charge in [-0.1, -0.05) is 27.7 Å². The van der Waals surface area contributed by atoms with Crippen LogP contribution in [0.25, 0.3) is 0 Å². The summed E-state index contributed by atoms with van der Waals surface area (Å²) in [6.07, 6.45) is 0. The Morgan fingerprint density at radius 3 is 1.79 bits per heavy atom. The molecule has 19 heavy (non-hydrogen) atoms. The van der Waals surface area contributed by atoms with Crippen LogP contribution in [0.4, 0.5) is 0 Å². The van der Waals surface area contributed by atoms with Crippen LogP contribution in [0.2, 0.25) is 0 Å². The molecule has 0 aliphatic heterocycles. The van der Waals surface area contributed by atoms with Crippen molar-refractivity contribution in [3.63, 3.8) is 0 Å². The molecule has 1 aromatic rings. The summed E-state index contributed by atoms with van der Waals surface area (Å²) in [7, 11) is 2.82. The van der Waals surface area contributed by atoms with Crippen molar-refractivity contribution in [1.82, 2.24) is 4.57 Å². The molecule has 0 aliphatic carbocycles. The molecule has 0 N–H and O–H groups in total. The Kier molecular flexibility index (Phi) is 4.97. The molecule has 0 spiro atoms. The van der Waals surface area contributed by atoms with Crippen LogP contribution in [0.3, 0.4) is 0 Å². The van der Waals surface area contributed by atoms with Gasteiger partial charge in [-0.25, -0.2) is 8.42 Å². The molecule has 0 atom stereocenters. The molecule has 0 amide bonds. The molecule has 3 nitrogen and oxygen atoms in total. The quantitative estimate of drug-likeness (QED) is 0.630. The minimum Gasteiger partial charge on any atom is -0.349 e. The van der Waals surface area contributed by atoms with Gasteiger partial charge in [0, 0.05) is 22.4 Å². The van der Waals surface area contributed by atoms with Gasteiger partial charge in [-0.15, -0.1) is 0 Å². The summed E-state index contributed by atoms with van der Waals surface area (Å²) < 4.78 is 26.2. The number of hydrogen-bond acceptors (Lipinski definition) is 2. The smallest absolute Gasteiger partial charge is 0.263 e. The van der Waals surface area contributed by atoms with Crippen LogP contribution in [0.1, 0.15) is 70.7 Å². The first kappa shape index (κ1) is 16.8. The van der Waals surface area contributed by atoms with Crippen LogP contribution in [0.5, 0.6) is 0 Å². The first-order valence-corrected chi connectivity index (χ1v) is 10.00. The van der Waals surface area contributed by atoms with Crippen molar-refractivity contribution in [2.75, 3.05) is 0 Å². The summed E-state index contributed by atoms with van der Waals surface area (Å²) in [5.41, 5.74) is 1.78. The maximum atomic E-state index is 12.0. The molecule has 0 aromatic carbocycles. The van der Waals surface area contributed by atoms with Crippen molar-refractivity contribution in [2.45, 2.75) is 64.3 Å². The molecule has 0 saturated carbocycles. The monoisotopic (exact) mass is 321 g/mol. The Hall–Kier alpha value is -0.263. The zero-order chi connectivity index (χ0) is 15.1. The van der Waals surface area contributed by atoms with Crippen LogP contribution in [-0.4, -0.2) is 23.2 Å². The molecular weight excluding hydrogens is 298 g/mol. The van der Waals surface area contributed by atoms with E-state index in [4.69, 9.17) is 10.7 Å². The van der Waals surface area contributed by atoms with Crippen LogP contribution < -0.4 is 5.32 Å². The Morgan fingerprint density at radius 1 is 1.05 bits per heavy atom. The van der Waals surface area contributed by atoms with E-state index >= 15 is 0 Å². The molecule has 1 heterocycles. The van der Waals surface area contributed by atoms with Gasteiger partial charge in [0.25, 0.3) is 9.05 Å². The second-order valence-electron chi connectivity index (χ2n) is 5.92. The van der Waals surface area contributed by atoms with Crippen LogP contribution in [-0.2, 0) is 9.05 Å². The van der Waals surface area contributed by atoms with Gasteiger partial charge in [0.1, 0.15) is 4.90 Å². The lowest BCUT2D eigenvalue weighted by atomic mass is 10.0. The average molecular weight is 322 g/mol. The average Bonchev–Trinajstić information content (AvgIpc) is 2.50. The Labute approximate surface area is 124 Å². The van der Waals surface area contributed by atoms with E-state index in [2.05, 4.69) is 18.4 Å². The lowest BCUT2D eigenvalue weighted by Crippen LogP contribution is -2.24. The van der Waals surface area contributed by atoms with Crippen molar-refractivity contribution in [2.24, 2.45) is 0 Å². The van der Waals surface area contributed by atoms with Gasteiger partial charge < -0.3 is 4.57 Å². The third-order valence-electron chi connectivity index (χ3n) is 3.37. The molecule has 110 valence electrons. The van der Waals surface area contributed by atoms with E-state index in [0.29, 0.717) is 4.90 Å². The minimum atomic E-state index is -3.72. The normalized spacial score (nSPS) is 13.2. The summed E-state index contributed by atoms with van der Waals surface area (Å²) >= 11 is 0. The van der Waals surface area contributed by atoms with E-state index in [1.165, 1.54) is 0 Å². The molecule has 0 radical (unpaired) electrons. The summed E-state index contributed by atoms with van der Waals surface area (Å²) in [5, 5.41) is 1.15. The highest BCUT2D eigenvalue weighted by Crippen LogP contribution is 2.35. The molecular formula is C13H24ClNO2SSi. The minimum absolute atomic E-state index is 0.131. The highest BCUT2D eigenvalue weighted by Gasteiger charge is 2.31. The molecule has 1 rings (SSSR count). The standard InChI is InChI=1S/C13H24ClNO2SSi/c1-7(2)10-12(18(14,16)17)11(8(3)4)15(9(5)6)13(10)19/h7-9H,1-6,19H3. The van der Waals surface area contributed by atoms with Gasteiger partial charge in [0.05, 0.1) is 10.2 Å². The van der Waals surface area contributed by atoms with E-state index in [9.17, 15) is 8.42 Å². The van der Waals surface area contributed by atoms with Crippen molar-refractivity contribution >= 4 is 35.3 Å². The van der Waals surface area contributed by atoms with Gasteiger partial charge in [0.2, 0.25) is 0 Å². The number of nitrogens with zero attached hydrogens (tertiary/aromatic N) is 1. The Balaban J connectivity index is 3.91. The number of rotatable bonds is 4. The fourth-order valence-electron chi connectivity index (χ4n) is 2.86. The largest absolute Gasteiger partial charge is 0.349 e. The summed E-state index contributed by atoms with van der Waals surface area (Å²) in [5.74, 6) is 0.291. The second kappa shape index (κ2) is 5.62. The maximum Gasteiger partial charge on any atom is 0.263 e. The van der Waals surface area contributed by atoms with Crippen LogP contribution in [0, 0.1) is 0 Å². The topological polar surface area (TPSA) is 39.1 Å². The van der Waals surface area contributed by atoms with Crippen molar-refractivity contribution in [3.8, 4) is 0 Å². The predicted molar refractivity (Wildman–Crippen MR) is 85.6 cm³/mol. The molecule has 6 heteroatoms. The third kappa shape index (κ3) is 3.08. The number of halogens is 1. The lowest BCUT2D eigenvalue weighted by Gasteiger charge is -2.18. The highest BCUT2D eigenvalue weighted by atomic mass is 35.7. The first-order valence-electron chi connectivity index (χ1n) is 6.69. The van der Waals surface area contributed by atoms with Gasteiger partial charge in [0.15, 0.2) is 0 Å². The van der Waals surface area contributed by atoms with Crippen LogP contribution >= 0.6 is 10.7 Å². The fourth-order valence-corrected chi connectivity index (χ4v) is 6.35. The number of aromatic nitrogens is 1.